The van der Waals surface area contributed by atoms with Crippen molar-refractivity contribution >= 4 is 5.97 Å². The zero-order valence-corrected chi connectivity index (χ0v) is 9.44. The standard InChI is InChI=1S/C13H16O3/c1-3-5-11-6-8-12(9-7-11)15-10-16-13(14)4-2/h4,6-9H,2-3,5,10H2,1H3. The van der Waals surface area contributed by atoms with Gasteiger partial charge in [-0.25, -0.2) is 4.79 Å². The van der Waals surface area contributed by atoms with Crippen molar-refractivity contribution in [3.63, 3.8) is 0 Å². The van der Waals surface area contributed by atoms with Gasteiger partial charge in [-0.1, -0.05) is 32.1 Å². The van der Waals surface area contributed by atoms with E-state index in [2.05, 4.69) is 13.5 Å². The quantitative estimate of drug-likeness (QED) is 0.420. The van der Waals surface area contributed by atoms with Crippen LogP contribution in [-0.4, -0.2) is 12.8 Å². The molecule has 0 saturated heterocycles. The van der Waals surface area contributed by atoms with Crippen molar-refractivity contribution in [1.29, 1.82) is 0 Å². The summed E-state index contributed by atoms with van der Waals surface area (Å²) in [4.78, 5) is 10.7. The lowest BCUT2D eigenvalue weighted by Gasteiger charge is -2.06. The van der Waals surface area contributed by atoms with E-state index in [4.69, 9.17) is 9.47 Å². The molecule has 0 aromatic heterocycles. The van der Waals surface area contributed by atoms with Gasteiger partial charge in [-0.3, -0.25) is 0 Å². The molecule has 1 rings (SSSR count). The number of ether oxygens (including phenoxy) is 2. The van der Waals surface area contributed by atoms with E-state index in [0.29, 0.717) is 5.75 Å². The van der Waals surface area contributed by atoms with E-state index in [0.717, 1.165) is 18.9 Å². The highest BCUT2D eigenvalue weighted by Crippen LogP contribution is 2.13. The zero-order chi connectivity index (χ0) is 11.8. The minimum Gasteiger partial charge on any atom is -0.457 e. The Bertz CT molecular complexity index is 341. The summed E-state index contributed by atoms with van der Waals surface area (Å²) in [5.41, 5.74) is 1.28. The predicted molar refractivity (Wildman–Crippen MR) is 62.2 cm³/mol. The predicted octanol–water partition coefficient (Wildman–Crippen LogP) is 2.70. The SMILES string of the molecule is C=CC(=O)OCOc1ccc(CCC)cc1. The van der Waals surface area contributed by atoms with Crippen LogP contribution in [0.15, 0.2) is 36.9 Å². The Balaban J connectivity index is 2.37. The molecule has 0 spiro atoms. The molecule has 0 fully saturated rings. The summed E-state index contributed by atoms with van der Waals surface area (Å²) < 4.78 is 9.91. The van der Waals surface area contributed by atoms with Crippen LogP contribution in [0.4, 0.5) is 0 Å². The van der Waals surface area contributed by atoms with E-state index in [1.807, 2.05) is 24.3 Å². The number of benzene rings is 1. The van der Waals surface area contributed by atoms with Gasteiger partial charge in [-0.15, -0.1) is 0 Å². The molecule has 0 atom stereocenters. The molecule has 3 heteroatoms. The van der Waals surface area contributed by atoms with Crippen molar-refractivity contribution in [2.24, 2.45) is 0 Å². The van der Waals surface area contributed by atoms with Gasteiger partial charge in [0.1, 0.15) is 5.75 Å². The van der Waals surface area contributed by atoms with E-state index in [9.17, 15) is 4.79 Å². The molecule has 1 aromatic rings. The second-order valence-corrected chi connectivity index (χ2v) is 3.32. The number of rotatable bonds is 6. The Labute approximate surface area is 95.7 Å². The highest BCUT2D eigenvalue weighted by atomic mass is 16.7. The van der Waals surface area contributed by atoms with Gasteiger partial charge in [0.25, 0.3) is 0 Å². The van der Waals surface area contributed by atoms with E-state index < -0.39 is 5.97 Å². The molecule has 3 nitrogen and oxygen atoms in total. The fourth-order valence-electron chi connectivity index (χ4n) is 1.26. The Hall–Kier alpha value is -1.77. The summed E-state index contributed by atoms with van der Waals surface area (Å²) in [6.07, 6.45) is 3.29. The summed E-state index contributed by atoms with van der Waals surface area (Å²) in [5.74, 6) is 0.208. The first-order valence-electron chi connectivity index (χ1n) is 5.27. The molecule has 0 saturated carbocycles. The minimum absolute atomic E-state index is 0.0853. The van der Waals surface area contributed by atoms with E-state index in [1.165, 1.54) is 5.56 Å². The van der Waals surface area contributed by atoms with Crippen LogP contribution in [0.2, 0.25) is 0 Å². The number of hydrogen-bond donors (Lipinski definition) is 0. The van der Waals surface area contributed by atoms with Gasteiger partial charge in [0, 0.05) is 6.08 Å². The minimum atomic E-state index is -0.484. The Morgan fingerprint density at radius 3 is 2.62 bits per heavy atom. The molecule has 0 unspecified atom stereocenters. The van der Waals surface area contributed by atoms with Gasteiger partial charge in [-0.2, -0.15) is 0 Å². The van der Waals surface area contributed by atoms with Gasteiger partial charge >= 0.3 is 5.97 Å². The second kappa shape index (κ2) is 6.67. The third kappa shape index (κ3) is 4.17. The van der Waals surface area contributed by atoms with Crippen molar-refractivity contribution in [3.8, 4) is 5.75 Å². The number of carbonyl (C=O) groups is 1. The average molecular weight is 220 g/mol. The maximum absolute atomic E-state index is 10.7. The van der Waals surface area contributed by atoms with E-state index in [1.54, 1.807) is 0 Å². The summed E-state index contributed by atoms with van der Waals surface area (Å²) in [6.45, 7) is 5.34. The smallest absolute Gasteiger partial charge is 0.333 e. The largest absolute Gasteiger partial charge is 0.457 e. The number of esters is 1. The van der Waals surface area contributed by atoms with Crippen LogP contribution in [0.3, 0.4) is 0 Å². The molecule has 16 heavy (non-hydrogen) atoms. The van der Waals surface area contributed by atoms with Gasteiger partial charge < -0.3 is 9.47 Å². The molecule has 0 bridgehead atoms. The fourth-order valence-corrected chi connectivity index (χ4v) is 1.26. The first-order chi connectivity index (χ1) is 7.76. The molecular formula is C13H16O3. The molecule has 0 aliphatic carbocycles. The normalized spacial score (nSPS) is 9.56. The monoisotopic (exact) mass is 220 g/mol. The van der Waals surface area contributed by atoms with Gasteiger partial charge in [0.2, 0.25) is 6.79 Å². The molecule has 0 radical (unpaired) electrons. The van der Waals surface area contributed by atoms with Crippen molar-refractivity contribution in [2.75, 3.05) is 6.79 Å². The second-order valence-electron chi connectivity index (χ2n) is 3.32. The first kappa shape index (κ1) is 12.3. The van der Waals surface area contributed by atoms with Crippen molar-refractivity contribution in [3.05, 3.63) is 42.5 Å². The highest BCUT2D eigenvalue weighted by molar-refractivity contribution is 5.81. The number of hydrogen-bond acceptors (Lipinski definition) is 3. The van der Waals surface area contributed by atoms with Crippen molar-refractivity contribution in [1.82, 2.24) is 0 Å². The topological polar surface area (TPSA) is 35.5 Å². The molecule has 1 aromatic carbocycles. The lowest BCUT2D eigenvalue weighted by atomic mass is 10.1. The molecule has 0 amide bonds. The summed E-state index contributed by atoms with van der Waals surface area (Å²) in [5, 5.41) is 0. The van der Waals surface area contributed by atoms with Crippen LogP contribution < -0.4 is 4.74 Å². The number of aryl methyl sites for hydroxylation is 1. The molecule has 86 valence electrons. The van der Waals surface area contributed by atoms with Crippen molar-refractivity contribution < 1.29 is 14.3 Å². The van der Waals surface area contributed by atoms with E-state index in [-0.39, 0.29) is 6.79 Å². The molecule has 0 heterocycles. The average Bonchev–Trinajstić information content (AvgIpc) is 2.31. The fraction of sp³-hybridized carbons (Fsp3) is 0.308. The lowest BCUT2D eigenvalue weighted by molar-refractivity contribution is -0.144. The van der Waals surface area contributed by atoms with Crippen LogP contribution in [-0.2, 0) is 16.0 Å². The summed E-state index contributed by atoms with van der Waals surface area (Å²) >= 11 is 0. The van der Waals surface area contributed by atoms with Crippen LogP contribution in [0.5, 0.6) is 5.75 Å². The Kier molecular flexibility index (Phi) is 5.12. The van der Waals surface area contributed by atoms with Gasteiger partial charge in [0.05, 0.1) is 0 Å². The third-order valence-electron chi connectivity index (χ3n) is 2.06. The van der Waals surface area contributed by atoms with Gasteiger partial charge in [0.15, 0.2) is 0 Å². The Morgan fingerprint density at radius 1 is 1.38 bits per heavy atom. The molecule has 0 N–H and O–H groups in total. The highest BCUT2D eigenvalue weighted by Gasteiger charge is 1.97. The zero-order valence-electron chi connectivity index (χ0n) is 9.44. The maximum atomic E-state index is 10.7. The van der Waals surface area contributed by atoms with Crippen LogP contribution in [0.25, 0.3) is 0 Å². The summed E-state index contributed by atoms with van der Waals surface area (Å²) in [6, 6.07) is 7.75. The van der Waals surface area contributed by atoms with Gasteiger partial charge in [-0.05, 0) is 24.1 Å². The Morgan fingerprint density at radius 2 is 2.06 bits per heavy atom. The lowest BCUT2D eigenvalue weighted by Crippen LogP contribution is -2.07. The molecule has 0 aliphatic heterocycles. The van der Waals surface area contributed by atoms with Crippen molar-refractivity contribution in [2.45, 2.75) is 19.8 Å². The molecule has 0 aliphatic rings. The van der Waals surface area contributed by atoms with Crippen LogP contribution in [0.1, 0.15) is 18.9 Å². The van der Waals surface area contributed by atoms with E-state index >= 15 is 0 Å². The summed E-state index contributed by atoms with van der Waals surface area (Å²) in [7, 11) is 0. The van der Waals surface area contributed by atoms with Crippen LogP contribution in [0, 0.1) is 0 Å². The maximum Gasteiger partial charge on any atom is 0.333 e. The first-order valence-corrected chi connectivity index (χ1v) is 5.27. The third-order valence-corrected chi connectivity index (χ3v) is 2.06. The molecular weight excluding hydrogens is 204 g/mol. The number of carbonyl (C=O) groups excluding carboxylic acids is 1. The van der Waals surface area contributed by atoms with Crippen LogP contribution >= 0.6 is 0 Å².